The maximum absolute atomic E-state index is 13.6. The number of fused-ring (bicyclic) bond motifs is 4. The summed E-state index contributed by atoms with van der Waals surface area (Å²) in [6.07, 6.45) is 1.84. The predicted molar refractivity (Wildman–Crippen MR) is 134 cm³/mol. The SMILES string of the molecule is CCCCNc1cc(C(C(=O)OCC)C(=O)OCC)nc2c3c(ccc12)C(=O)c1ccccc1C3=O. The first-order valence-corrected chi connectivity index (χ1v) is 12.2. The number of ketones is 2. The predicted octanol–water partition coefficient (Wildman–Crippen LogP) is 4.43. The van der Waals surface area contributed by atoms with E-state index in [1.54, 1.807) is 56.3 Å². The van der Waals surface area contributed by atoms with Crippen molar-refractivity contribution in [2.45, 2.75) is 39.5 Å². The molecule has 0 saturated carbocycles. The number of nitrogens with one attached hydrogen (secondary N) is 1. The fourth-order valence-corrected chi connectivity index (χ4v) is 4.37. The number of esters is 2. The van der Waals surface area contributed by atoms with Gasteiger partial charge in [0.25, 0.3) is 0 Å². The van der Waals surface area contributed by atoms with Crippen LogP contribution in [0.1, 0.15) is 77.1 Å². The Balaban J connectivity index is 1.98. The van der Waals surface area contributed by atoms with Gasteiger partial charge in [-0.25, -0.2) is 0 Å². The van der Waals surface area contributed by atoms with Crippen LogP contribution >= 0.6 is 0 Å². The molecule has 0 fully saturated rings. The van der Waals surface area contributed by atoms with Crippen LogP contribution < -0.4 is 5.32 Å². The largest absolute Gasteiger partial charge is 0.465 e. The zero-order valence-electron chi connectivity index (χ0n) is 20.6. The Morgan fingerprint density at radius 3 is 2.14 bits per heavy atom. The summed E-state index contributed by atoms with van der Waals surface area (Å²) < 4.78 is 10.3. The molecule has 36 heavy (non-hydrogen) atoms. The fourth-order valence-electron chi connectivity index (χ4n) is 4.37. The molecule has 0 atom stereocenters. The molecule has 0 unspecified atom stereocenters. The van der Waals surface area contributed by atoms with Gasteiger partial charge >= 0.3 is 11.9 Å². The minimum atomic E-state index is -1.43. The van der Waals surface area contributed by atoms with E-state index in [0.717, 1.165) is 12.8 Å². The Kier molecular flexibility index (Phi) is 7.43. The zero-order valence-corrected chi connectivity index (χ0v) is 20.6. The minimum Gasteiger partial charge on any atom is -0.465 e. The molecule has 0 amide bonds. The smallest absolute Gasteiger partial charge is 0.326 e. The molecule has 0 saturated heterocycles. The number of benzene rings is 2. The van der Waals surface area contributed by atoms with Crippen LogP contribution in [0, 0.1) is 0 Å². The number of anilines is 1. The van der Waals surface area contributed by atoms with Crippen LogP contribution in [-0.4, -0.2) is 48.2 Å². The Morgan fingerprint density at radius 2 is 1.53 bits per heavy atom. The third-order valence-electron chi connectivity index (χ3n) is 6.08. The van der Waals surface area contributed by atoms with Crippen LogP contribution in [0.15, 0.2) is 42.5 Å². The van der Waals surface area contributed by atoms with Gasteiger partial charge in [0, 0.05) is 34.3 Å². The molecular weight excluding hydrogens is 460 g/mol. The third kappa shape index (κ3) is 4.46. The van der Waals surface area contributed by atoms with Gasteiger partial charge in [0.1, 0.15) is 0 Å². The number of aromatic nitrogens is 1. The second kappa shape index (κ2) is 10.7. The first-order chi connectivity index (χ1) is 17.4. The van der Waals surface area contributed by atoms with Crippen molar-refractivity contribution in [1.82, 2.24) is 4.98 Å². The average molecular weight is 489 g/mol. The number of rotatable bonds is 9. The van der Waals surface area contributed by atoms with Crippen molar-refractivity contribution < 1.29 is 28.7 Å². The first-order valence-electron chi connectivity index (χ1n) is 12.2. The Morgan fingerprint density at radius 1 is 0.889 bits per heavy atom. The zero-order chi connectivity index (χ0) is 25.8. The number of hydrogen-bond acceptors (Lipinski definition) is 8. The van der Waals surface area contributed by atoms with Crippen molar-refractivity contribution in [3.05, 3.63) is 70.4 Å². The van der Waals surface area contributed by atoms with Crippen LogP contribution in [0.25, 0.3) is 10.9 Å². The highest BCUT2D eigenvalue weighted by molar-refractivity contribution is 6.32. The van der Waals surface area contributed by atoms with Crippen LogP contribution in [0.4, 0.5) is 5.69 Å². The molecule has 0 spiro atoms. The molecule has 1 aliphatic rings. The van der Waals surface area contributed by atoms with E-state index in [-0.39, 0.29) is 47.1 Å². The van der Waals surface area contributed by atoms with Crippen molar-refractivity contribution >= 4 is 40.1 Å². The van der Waals surface area contributed by atoms with Crippen molar-refractivity contribution in [3.63, 3.8) is 0 Å². The second-order valence-electron chi connectivity index (χ2n) is 8.40. The van der Waals surface area contributed by atoms with Gasteiger partial charge in [-0.2, -0.15) is 0 Å². The van der Waals surface area contributed by atoms with Crippen LogP contribution in [0.5, 0.6) is 0 Å². The standard InChI is InChI=1S/C28H28N2O6/c1-4-7-14-29-20-15-21(23(27(33)35-5-2)28(34)36-6-3)30-24-18(20)12-13-19-22(24)26(32)17-11-9-8-10-16(17)25(19)31/h8-13,15,23H,4-7,14H2,1-3H3,(H,29,30). The third-order valence-corrected chi connectivity index (χ3v) is 6.08. The highest BCUT2D eigenvalue weighted by Crippen LogP contribution is 2.36. The minimum absolute atomic E-state index is 0.0725. The normalized spacial score (nSPS) is 12.3. The van der Waals surface area contributed by atoms with Gasteiger partial charge in [-0.3, -0.25) is 24.2 Å². The lowest BCUT2D eigenvalue weighted by molar-refractivity contribution is -0.157. The maximum Gasteiger partial charge on any atom is 0.326 e. The molecule has 0 bridgehead atoms. The molecule has 4 rings (SSSR count). The number of carbonyl (C=O) groups excluding carboxylic acids is 4. The Labute approximate surface area is 209 Å². The van der Waals surface area contributed by atoms with Gasteiger partial charge in [-0.15, -0.1) is 0 Å². The number of ether oxygens (including phenoxy) is 2. The van der Waals surface area contributed by atoms with Gasteiger partial charge < -0.3 is 14.8 Å². The van der Waals surface area contributed by atoms with E-state index in [1.807, 2.05) is 0 Å². The maximum atomic E-state index is 13.6. The molecule has 0 radical (unpaired) electrons. The average Bonchev–Trinajstić information content (AvgIpc) is 2.87. The first kappa shape index (κ1) is 25.0. The molecular formula is C28H28N2O6. The van der Waals surface area contributed by atoms with Crippen LogP contribution in [0.2, 0.25) is 0 Å². The van der Waals surface area contributed by atoms with E-state index in [9.17, 15) is 19.2 Å². The quantitative estimate of drug-likeness (QED) is 0.209. The molecule has 0 aliphatic heterocycles. The number of pyridine rings is 1. The molecule has 186 valence electrons. The van der Waals surface area contributed by atoms with Gasteiger partial charge in [0.15, 0.2) is 17.5 Å². The van der Waals surface area contributed by atoms with Crippen molar-refractivity contribution in [3.8, 4) is 0 Å². The molecule has 1 aliphatic carbocycles. The number of carbonyl (C=O) groups is 4. The lowest BCUT2D eigenvalue weighted by Crippen LogP contribution is -2.27. The Hall–Kier alpha value is -4.07. The summed E-state index contributed by atoms with van der Waals surface area (Å²) in [6.45, 7) is 6.12. The van der Waals surface area contributed by atoms with Crippen molar-refractivity contribution in [2.24, 2.45) is 0 Å². The monoisotopic (exact) mass is 488 g/mol. The molecule has 8 nitrogen and oxygen atoms in total. The molecule has 3 aromatic rings. The van der Waals surface area contributed by atoms with Crippen LogP contribution in [-0.2, 0) is 19.1 Å². The Bertz CT molecular complexity index is 1350. The molecule has 2 aromatic carbocycles. The molecule has 8 heteroatoms. The van der Waals surface area contributed by atoms with E-state index < -0.39 is 17.9 Å². The summed E-state index contributed by atoms with van der Waals surface area (Å²) in [7, 11) is 0. The van der Waals surface area contributed by atoms with E-state index in [2.05, 4.69) is 17.2 Å². The fraction of sp³-hybridized carbons (Fsp3) is 0.321. The molecule has 1 heterocycles. The summed E-state index contributed by atoms with van der Waals surface area (Å²) in [5.74, 6) is -3.63. The van der Waals surface area contributed by atoms with Crippen molar-refractivity contribution in [1.29, 1.82) is 0 Å². The van der Waals surface area contributed by atoms with E-state index in [4.69, 9.17) is 9.47 Å². The molecule has 1 N–H and O–H groups in total. The topological polar surface area (TPSA) is 112 Å². The summed E-state index contributed by atoms with van der Waals surface area (Å²) in [5.41, 5.74) is 1.96. The molecule has 1 aromatic heterocycles. The van der Waals surface area contributed by atoms with E-state index >= 15 is 0 Å². The lowest BCUT2D eigenvalue weighted by Gasteiger charge is -2.21. The summed E-state index contributed by atoms with van der Waals surface area (Å²) in [5, 5.41) is 3.95. The number of unbranched alkanes of at least 4 members (excludes halogenated alkanes) is 1. The lowest BCUT2D eigenvalue weighted by atomic mass is 9.82. The summed E-state index contributed by atoms with van der Waals surface area (Å²) >= 11 is 0. The van der Waals surface area contributed by atoms with Gasteiger partial charge in [-0.05, 0) is 38.5 Å². The van der Waals surface area contributed by atoms with Gasteiger partial charge in [0.05, 0.1) is 30.0 Å². The van der Waals surface area contributed by atoms with Gasteiger partial charge in [-0.1, -0.05) is 37.6 Å². The number of hydrogen-bond donors (Lipinski definition) is 1. The second-order valence-corrected chi connectivity index (χ2v) is 8.40. The van der Waals surface area contributed by atoms with Gasteiger partial charge in [0.2, 0.25) is 0 Å². The highest BCUT2D eigenvalue weighted by atomic mass is 16.6. The van der Waals surface area contributed by atoms with E-state index in [1.165, 1.54) is 0 Å². The highest BCUT2D eigenvalue weighted by Gasteiger charge is 2.36. The summed E-state index contributed by atoms with van der Waals surface area (Å²) in [6, 6.07) is 11.6. The number of nitrogens with zero attached hydrogens (tertiary/aromatic N) is 1. The summed E-state index contributed by atoms with van der Waals surface area (Å²) in [4.78, 5) is 57.1. The van der Waals surface area contributed by atoms with E-state index in [0.29, 0.717) is 28.7 Å². The van der Waals surface area contributed by atoms with Crippen molar-refractivity contribution in [2.75, 3.05) is 25.1 Å². The van der Waals surface area contributed by atoms with Crippen LogP contribution in [0.3, 0.4) is 0 Å².